The zero-order valence-electron chi connectivity index (χ0n) is 20.6. The van der Waals surface area contributed by atoms with Crippen molar-refractivity contribution in [2.75, 3.05) is 0 Å². The molecule has 4 N–H and O–H groups in total. The van der Waals surface area contributed by atoms with E-state index in [1.54, 1.807) is 16.8 Å². The van der Waals surface area contributed by atoms with Crippen LogP contribution in [0.4, 0.5) is 0 Å². The lowest BCUT2D eigenvalue weighted by atomic mass is 9.79. The highest BCUT2D eigenvalue weighted by molar-refractivity contribution is 6.06. The van der Waals surface area contributed by atoms with Gasteiger partial charge < -0.3 is 16.4 Å². The van der Waals surface area contributed by atoms with Gasteiger partial charge in [0.15, 0.2) is 5.69 Å². The van der Waals surface area contributed by atoms with Crippen molar-refractivity contribution in [1.82, 2.24) is 20.4 Å². The van der Waals surface area contributed by atoms with Crippen molar-refractivity contribution in [3.05, 3.63) is 65.4 Å². The van der Waals surface area contributed by atoms with Crippen LogP contribution < -0.4 is 16.4 Å². The van der Waals surface area contributed by atoms with Crippen LogP contribution in [0.1, 0.15) is 55.2 Å². The number of benzene rings is 2. The molecule has 1 heterocycles. The third-order valence-corrected chi connectivity index (χ3v) is 6.58. The molecule has 0 saturated heterocycles. The number of nitriles is 1. The van der Waals surface area contributed by atoms with Crippen molar-refractivity contribution in [2.45, 2.75) is 52.2 Å². The second-order valence-electron chi connectivity index (χ2n) is 10.4. The van der Waals surface area contributed by atoms with Crippen molar-refractivity contribution in [3.8, 4) is 6.07 Å². The monoisotopic (exact) mass is 486 g/mol. The molecule has 9 heteroatoms. The third-order valence-electron chi connectivity index (χ3n) is 6.58. The van der Waals surface area contributed by atoms with E-state index in [-0.39, 0.29) is 29.5 Å². The summed E-state index contributed by atoms with van der Waals surface area (Å²) < 4.78 is 1.75. The van der Waals surface area contributed by atoms with Gasteiger partial charge in [-0.1, -0.05) is 51.1 Å². The van der Waals surface area contributed by atoms with Gasteiger partial charge in [-0.3, -0.25) is 19.1 Å². The molecule has 3 amide bonds. The molecule has 0 unspecified atom stereocenters. The molecule has 1 aliphatic rings. The molecule has 36 heavy (non-hydrogen) atoms. The number of aromatic nitrogens is 2. The Kier molecular flexibility index (Phi) is 6.80. The predicted octanol–water partition coefficient (Wildman–Crippen LogP) is 2.48. The molecule has 1 aliphatic carbocycles. The summed E-state index contributed by atoms with van der Waals surface area (Å²) in [5.74, 6) is -1.32. The molecule has 3 aromatic rings. The summed E-state index contributed by atoms with van der Waals surface area (Å²) in [4.78, 5) is 37.8. The number of nitrogens with zero attached hydrogens (tertiary/aromatic N) is 3. The molecule has 1 saturated carbocycles. The zero-order valence-corrected chi connectivity index (χ0v) is 20.6. The molecule has 186 valence electrons. The molecule has 4 rings (SSSR count). The largest absolute Gasteiger partial charge is 0.369 e. The van der Waals surface area contributed by atoms with Crippen molar-refractivity contribution in [3.63, 3.8) is 0 Å². The molecule has 0 aliphatic heterocycles. The van der Waals surface area contributed by atoms with Gasteiger partial charge in [-0.2, -0.15) is 10.4 Å². The van der Waals surface area contributed by atoms with Gasteiger partial charge in [-0.15, -0.1) is 0 Å². The summed E-state index contributed by atoms with van der Waals surface area (Å²) in [5.41, 5.74) is 7.30. The van der Waals surface area contributed by atoms with E-state index < -0.39 is 17.4 Å². The number of para-hydroxylation sites is 1. The van der Waals surface area contributed by atoms with E-state index in [2.05, 4.69) is 21.8 Å². The topological polar surface area (TPSA) is 143 Å². The molecule has 9 nitrogen and oxygen atoms in total. The number of amides is 3. The second-order valence-corrected chi connectivity index (χ2v) is 10.4. The Bertz CT molecular complexity index is 1340. The number of nitrogens with two attached hydrogens (primary N) is 1. The van der Waals surface area contributed by atoms with E-state index in [0.717, 1.165) is 11.1 Å². The summed E-state index contributed by atoms with van der Waals surface area (Å²) in [6, 6.07) is 15.8. The van der Waals surface area contributed by atoms with E-state index in [0.29, 0.717) is 30.3 Å². The lowest BCUT2D eigenvalue weighted by Crippen LogP contribution is -2.58. The van der Waals surface area contributed by atoms with Crippen LogP contribution in [-0.2, 0) is 16.1 Å². The van der Waals surface area contributed by atoms with Gasteiger partial charge in [0.1, 0.15) is 6.04 Å². The maximum Gasteiger partial charge on any atom is 0.273 e. The molecule has 1 aromatic heterocycles. The normalized spacial score (nSPS) is 18.1. The number of carbonyl (C=O) groups excluding carboxylic acids is 3. The lowest BCUT2D eigenvalue weighted by molar-refractivity contribution is -0.130. The Morgan fingerprint density at radius 3 is 2.42 bits per heavy atom. The van der Waals surface area contributed by atoms with Gasteiger partial charge in [-0.25, -0.2) is 0 Å². The Morgan fingerprint density at radius 1 is 1.14 bits per heavy atom. The fourth-order valence-corrected chi connectivity index (χ4v) is 4.40. The van der Waals surface area contributed by atoms with Crippen LogP contribution in [0, 0.1) is 22.7 Å². The number of hydrogen-bond acceptors (Lipinski definition) is 5. The number of primary amides is 1. The Morgan fingerprint density at radius 2 is 1.81 bits per heavy atom. The average molecular weight is 487 g/mol. The fourth-order valence-electron chi connectivity index (χ4n) is 4.40. The van der Waals surface area contributed by atoms with Gasteiger partial charge in [0.2, 0.25) is 11.8 Å². The minimum atomic E-state index is -0.805. The molecule has 1 atom stereocenters. The maximum absolute atomic E-state index is 13.4. The first-order valence-corrected chi connectivity index (χ1v) is 11.9. The highest BCUT2D eigenvalue weighted by atomic mass is 16.2. The SMILES string of the molecule is CC(C)(C)[C@H](NC(=O)c1nn(Cc2ccc(C#N)cc2)c2ccccc12)C(=O)N[C@H]1C[C@@H](C(N)=O)C1. The minimum absolute atomic E-state index is 0.135. The summed E-state index contributed by atoms with van der Waals surface area (Å²) in [6.07, 6.45) is 1.02. The molecule has 1 fully saturated rings. The minimum Gasteiger partial charge on any atom is -0.369 e. The first kappa shape index (κ1) is 24.9. The Hall–Kier alpha value is -4.19. The second kappa shape index (κ2) is 9.82. The number of fused-ring (bicyclic) bond motifs is 1. The fraction of sp³-hybridized carbons (Fsp3) is 0.370. The highest BCUT2D eigenvalue weighted by Gasteiger charge is 2.39. The van der Waals surface area contributed by atoms with Crippen molar-refractivity contribution in [2.24, 2.45) is 17.1 Å². The maximum atomic E-state index is 13.4. The van der Waals surface area contributed by atoms with E-state index in [1.165, 1.54) is 0 Å². The number of carbonyl (C=O) groups is 3. The molecule has 0 bridgehead atoms. The van der Waals surface area contributed by atoms with Crippen molar-refractivity contribution in [1.29, 1.82) is 5.26 Å². The van der Waals surface area contributed by atoms with E-state index in [4.69, 9.17) is 11.0 Å². The molecule has 2 aromatic carbocycles. The predicted molar refractivity (Wildman–Crippen MR) is 135 cm³/mol. The van der Waals surface area contributed by atoms with Gasteiger partial charge in [0, 0.05) is 17.3 Å². The van der Waals surface area contributed by atoms with E-state index in [1.807, 2.05) is 57.2 Å². The van der Waals surface area contributed by atoms with Gasteiger partial charge >= 0.3 is 0 Å². The van der Waals surface area contributed by atoms with Crippen LogP contribution >= 0.6 is 0 Å². The van der Waals surface area contributed by atoms with Crippen LogP contribution in [-0.4, -0.2) is 39.6 Å². The first-order chi connectivity index (χ1) is 17.1. The summed E-state index contributed by atoms with van der Waals surface area (Å²) in [7, 11) is 0. The smallest absolute Gasteiger partial charge is 0.273 e. The Balaban J connectivity index is 1.54. The molecular formula is C27H30N6O3. The van der Waals surface area contributed by atoms with Gasteiger partial charge in [0.25, 0.3) is 5.91 Å². The van der Waals surface area contributed by atoms with E-state index >= 15 is 0 Å². The summed E-state index contributed by atoms with van der Waals surface area (Å²) in [5, 5.41) is 20.1. The number of nitrogens with one attached hydrogen (secondary N) is 2. The van der Waals surface area contributed by atoms with Crippen LogP contribution in [0.15, 0.2) is 48.5 Å². The molecular weight excluding hydrogens is 456 g/mol. The summed E-state index contributed by atoms with van der Waals surface area (Å²) >= 11 is 0. The van der Waals surface area contributed by atoms with Gasteiger partial charge in [-0.05, 0) is 42.0 Å². The standard InChI is InChI=1S/C27H30N6O3/c1-27(2,3)23(26(36)30-19-12-18(13-19)24(29)34)31-25(35)22-20-6-4-5-7-21(20)33(32-22)15-17-10-8-16(14-28)9-11-17/h4-11,18-19,23H,12-13,15H2,1-3H3,(H2,29,34)(H,30,36)(H,31,35)/t18-,19+,23-/m1/s1. The zero-order chi connectivity index (χ0) is 26.0. The highest BCUT2D eigenvalue weighted by Crippen LogP contribution is 2.28. The average Bonchev–Trinajstić information content (AvgIpc) is 3.17. The third kappa shape index (κ3) is 5.23. The van der Waals surface area contributed by atoms with Crippen LogP contribution in [0.25, 0.3) is 10.9 Å². The number of hydrogen-bond donors (Lipinski definition) is 3. The molecule has 0 radical (unpaired) electrons. The van der Waals surface area contributed by atoms with E-state index in [9.17, 15) is 14.4 Å². The van der Waals surface area contributed by atoms with Crippen molar-refractivity contribution < 1.29 is 14.4 Å². The van der Waals surface area contributed by atoms with Crippen LogP contribution in [0.2, 0.25) is 0 Å². The lowest BCUT2D eigenvalue weighted by Gasteiger charge is -2.37. The number of rotatable bonds is 7. The molecule has 0 spiro atoms. The van der Waals surface area contributed by atoms with Crippen LogP contribution in [0.3, 0.4) is 0 Å². The van der Waals surface area contributed by atoms with Crippen LogP contribution in [0.5, 0.6) is 0 Å². The first-order valence-electron chi connectivity index (χ1n) is 11.9. The Labute approximate surface area is 209 Å². The van der Waals surface area contributed by atoms with Crippen molar-refractivity contribution >= 4 is 28.6 Å². The van der Waals surface area contributed by atoms with Gasteiger partial charge in [0.05, 0.1) is 23.7 Å². The quantitative estimate of drug-likeness (QED) is 0.470. The summed E-state index contributed by atoms with van der Waals surface area (Å²) in [6.45, 7) is 6.07.